The Morgan fingerprint density at radius 3 is 2.71 bits per heavy atom. The van der Waals surface area contributed by atoms with Crippen molar-refractivity contribution in [1.82, 2.24) is 10.2 Å². The van der Waals surface area contributed by atoms with Gasteiger partial charge in [-0.25, -0.2) is 9.18 Å². The maximum absolute atomic E-state index is 13.5. The van der Waals surface area contributed by atoms with Crippen molar-refractivity contribution >= 4 is 5.97 Å². The lowest BCUT2D eigenvalue weighted by atomic mass is 10.1. The third-order valence-electron chi connectivity index (χ3n) is 1.78. The molecule has 1 N–H and O–H groups in total. The first kappa shape index (κ1) is 10.7. The van der Waals surface area contributed by atoms with Crippen LogP contribution in [-0.4, -0.2) is 22.8 Å². The summed E-state index contributed by atoms with van der Waals surface area (Å²) in [6.45, 7) is 5.49. The van der Waals surface area contributed by atoms with E-state index in [0.717, 1.165) is 0 Å². The van der Waals surface area contributed by atoms with Crippen molar-refractivity contribution < 1.29 is 13.9 Å². The Morgan fingerprint density at radius 2 is 2.29 bits per heavy atom. The highest BCUT2D eigenvalue weighted by molar-refractivity contribution is 5.87. The lowest BCUT2D eigenvalue weighted by Crippen LogP contribution is -2.07. The highest BCUT2D eigenvalue weighted by Gasteiger charge is 2.21. The normalized spacial score (nSPS) is 10.6. The van der Waals surface area contributed by atoms with Crippen LogP contribution in [0.2, 0.25) is 0 Å². The topological polar surface area (TPSA) is 55.0 Å². The lowest BCUT2D eigenvalue weighted by Gasteiger charge is -2.00. The van der Waals surface area contributed by atoms with Crippen molar-refractivity contribution in [2.45, 2.75) is 26.7 Å². The Bertz CT molecular complexity index is 334. The zero-order chi connectivity index (χ0) is 10.7. The molecule has 0 saturated heterocycles. The summed E-state index contributed by atoms with van der Waals surface area (Å²) in [5, 5.41) is 6.07. The number of rotatable bonds is 3. The smallest absolute Gasteiger partial charge is 0.361 e. The predicted octanol–water partition coefficient (Wildman–Crippen LogP) is 1.85. The molecule has 1 aromatic rings. The molecule has 14 heavy (non-hydrogen) atoms. The predicted molar refractivity (Wildman–Crippen MR) is 48.6 cm³/mol. The van der Waals surface area contributed by atoms with E-state index in [1.807, 2.05) is 13.8 Å². The molecule has 0 fully saturated rings. The van der Waals surface area contributed by atoms with Crippen molar-refractivity contribution in [3.05, 3.63) is 17.2 Å². The van der Waals surface area contributed by atoms with Crippen LogP contribution in [0, 0.1) is 5.82 Å². The number of aromatic amines is 1. The molecular formula is C9H13FN2O2. The summed E-state index contributed by atoms with van der Waals surface area (Å²) in [5.41, 5.74) is 0.0589. The van der Waals surface area contributed by atoms with Crippen LogP contribution in [0.5, 0.6) is 0 Å². The minimum Gasteiger partial charge on any atom is -0.461 e. The van der Waals surface area contributed by atoms with E-state index in [9.17, 15) is 9.18 Å². The molecule has 5 heteroatoms. The number of esters is 1. The fourth-order valence-electron chi connectivity index (χ4n) is 1.06. The van der Waals surface area contributed by atoms with E-state index >= 15 is 0 Å². The number of halogens is 1. The number of nitrogens with one attached hydrogen (secondary N) is 1. The zero-order valence-electron chi connectivity index (χ0n) is 8.43. The lowest BCUT2D eigenvalue weighted by molar-refractivity contribution is 0.0514. The highest BCUT2D eigenvalue weighted by Crippen LogP contribution is 2.18. The fraction of sp³-hybridized carbons (Fsp3) is 0.556. The maximum atomic E-state index is 13.5. The van der Waals surface area contributed by atoms with Crippen LogP contribution in [0.3, 0.4) is 0 Å². The molecule has 0 aliphatic heterocycles. The third-order valence-corrected chi connectivity index (χ3v) is 1.78. The average molecular weight is 200 g/mol. The summed E-state index contributed by atoms with van der Waals surface area (Å²) in [6, 6.07) is 0. The van der Waals surface area contributed by atoms with Gasteiger partial charge in [-0.2, -0.15) is 5.10 Å². The van der Waals surface area contributed by atoms with Gasteiger partial charge < -0.3 is 4.74 Å². The van der Waals surface area contributed by atoms with E-state index in [0.29, 0.717) is 5.69 Å². The number of aromatic nitrogens is 2. The number of H-pyrrole nitrogens is 1. The van der Waals surface area contributed by atoms with Gasteiger partial charge in [0.15, 0.2) is 5.82 Å². The van der Waals surface area contributed by atoms with Gasteiger partial charge in [0.1, 0.15) is 0 Å². The molecule has 1 heterocycles. The Hall–Kier alpha value is -1.39. The van der Waals surface area contributed by atoms with Crippen LogP contribution in [-0.2, 0) is 4.74 Å². The number of hydrogen-bond donors (Lipinski definition) is 1. The molecule has 0 radical (unpaired) electrons. The summed E-state index contributed by atoms with van der Waals surface area (Å²) in [4.78, 5) is 11.2. The summed E-state index contributed by atoms with van der Waals surface area (Å²) < 4.78 is 18.1. The SMILES string of the molecule is CCOC(=O)c1n[nH]c(C(C)C)c1F. The number of carbonyl (C=O) groups excluding carboxylic acids is 1. The van der Waals surface area contributed by atoms with Gasteiger partial charge >= 0.3 is 5.97 Å². The molecule has 0 amide bonds. The summed E-state index contributed by atoms with van der Waals surface area (Å²) in [6.07, 6.45) is 0. The van der Waals surface area contributed by atoms with Gasteiger partial charge in [0, 0.05) is 0 Å². The summed E-state index contributed by atoms with van der Waals surface area (Å²) >= 11 is 0. The standard InChI is InChI=1S/C9H13FN2O2/c1-4-14-9(13)8-6(10)7(5(2)3)11-12-8/h5H,4H2,1-3H3,(H,11,12). The minimum absolute atomic E-state index is 0.0364. The molecule has 0 aliphatic rings. The van der Waals surface area contributed by atoms with Crippen molar-refractivity contribution in [3.63, 3.8) is 0 Å². The van der Waals surface area contributed by atoms with E-state index in [4.69, 9.17) is 0 Å². The number of nitrogens with zero attached hydrogens (tertiary/aromatic N) is 1. The van der Waals surface area contributed by atoms with E-state index in [-0.39, 0.29) is 18.2 Å². The summed E-state index contributed by atoms with van der Waals surface area (Å²) in [5.74, 6) is -1.38. The first-order valence-electron chi connectivity index (χ1n) is 4.48. The van der Waals surface area contributed by atoms with Crippen LogP contribution in [0.15, 0.2) is 0 Å². The van der Waals surface area contributed by atoms with Gasteiger partial charge in [-0.05, 0) is 12.8 Å². The van der Waals surface area contributed by atoms with Gasteiger partial charge in [-0.3, -0.25) is 5.10 Å². The first-order chi connectivity index (χ1) is 6.57. The van der Waals surface area contributed by atoms with Gasteiger partial charge in [0.05, 0.1) is 12.3 Å². The van der Waals surface area contributed by atoms with Gasteiger partial charge in [0.25, 0.3) is 0 Å². The molecule has 0 aliphatic carbocycles. The second-order valence-electron chi connectivity index (χ2n) is 3.18. The van der Waals surface area contributed by atoms with Crippen LogP contribution in [0.1, 0.15) is 42.9 Å². The largest absolute Gasteiger partial charge is 0.461 e. The van der Waals surface area contributed by atoms with E-state index in [2.05, 4.69) is 14.9 Å². The zero-order valence-corrected chi connectivity index (χ0v) is 8.43. The van der Waals surface area contributed by atoms with Crippen molar-refractivity contribution in [3.8, 4) is 0 Å². The first-order valence-corrected chi connectivity index (χ1v) is 4.48. The minimum atomic E-state index is -0.729. The number of carbonyl (C=O) groups is 1. The third kappa shape index (κ3) is 1.92. The molecule has 0 atom stereocenters. The quantitative estimate of drug-likeness (QED) is 0.757. The second-order valence-corrected chi connectivity index (χ2v) is 3.18. The van der Waals surface area contributed by atoms with Crippen LogP contribution in [0.4, 0.5) is 4.39 Å². The Morgan fingerprint density at radius 1 is 1.64 bits per heavy atom. The number of ether oxygens (including phenoxy) is 1. The van der Waals surface area contributed by atoms with E-state index in [1.165, 1.54) is 0 Å². The van der Waals surface area contributed by atoms with Gasteiger partial charge in [-0.1, -0.05) is 13.8 Å². The molecule has 78 valence electrons. The van der Waals surface area contributed by atoms with Crippen LogP contribution < -0.4 is 0 Å². The molecule has 0 bridgehead atoms. The van der Waals surface area contributed by atoms with Crippen molar-refractivity contribution in [2.24, 2.45) is 0 Å². The molecule has 0 aromatic carbocycles. The molecule has 1 rings (SSSR count). The molecular weight excluding hydrogens is 187 g/mol. The van der Waals surface area contributed by atoms with Crippen molar-refractivity contribution in [1.29, 1.82) is 0 Å². The molecule has 0 saturated carbocycles. The van der Waals surface area contributed by atoms with E-state index < -0.39 is 11.8 Å². The summed E-state index contributed by atoms with van der Waals surface area (Å²) in [7, 11) is 0. The fourth-order valence-corrected chi connectivity index (χ4v) is 1.06. The Kier molecular flexibility index (Phi) is 3.22. The highest BCUT2D eigenvalue weighted by atomic mass is 19.1. The molecule has 4 nitrogen and oxygen atoms in total. The average Bonchev–Trinajstić information content (AvgIpc) is 2.47. The monoisotopic (exact) mass is 200 g/mol. The Balaban J connectivity index is 2.95. The van der Waals surface area contributed by atoms with Crippen LogP contribution in [0.25, 0.3) is 0 Å². The maximum Gasteiger partial charge on any atom is 0.361 e. The molecule has 0 spiro atoms. The van der Waals surface area contributed by atoms with Gasteiger partial charge in [-0.15, -0.1) is 0 Å². The van der Waals surface area contributed by atoms with Crippen molar-refractivity contribution in [2.75, 3.05) is 6.61 Å². The van der Waals surface area contributed by atoms with E-state index in [1.54, 1.807) is 6.92 Å². The molecule has 0 unspecified atom stereocenters. The Labute approximate surface area is 81.5 Å². The van der Waals surface area contributed by atoms with Crippen LogP contribution >= 0.6 is 0 Å². The number of hydrogen-bond acceptors (Lipinski definition) is 3. The molecule has 1 aromatic heterocycles. The van der Waals surface area contributed by atoms with Gasteiger partial charge in [0.2, 0.25) is 5.69 Å². The second kappa shape index (κ2) is 4.21.